The molecule has 1 atom stereocenters. The first-order valence-corrected chi connectivity index (χ1v) is 6.46. The number of methoxy groups -OCH3 is 2. The Morgan fingerprint density at radius 2 is 1.81 bits per heavy atom. The fourth-order valence-corrected chi connectivity index (χ4v) is 1.85. The van der Waals surface area contributed by atoms with Gasteiger partial charge in [0.2, 0.25) is 0 Å². The second-order valence-corrected chi connectivity index (χ2v) is 5.68. The zero-order chi connectivity index (χ0) is 16.2. The number of carboxylic acid groups (broad SMARTS) is 1. The third kappa shape index (κ3) is 4.11. The van der Waals surface area contributed by atoms with Crippen LogP contribution in [0.4, 0.5) is 0 Å². The van der Waals surface area contributed by atoms with Gasteiger partial charge in [-0.2, -0.15) is 0 Å². The molecule has 0 spiro atoms. The van der Waals surface area contributed by atoms with Gasteiger partial charge in [-0.25, -0.2) is 4.79 Å². The summed E-state index contributed by atoms with van der Waals surface area (Å²) in [6.45, 7) is 5.23. The van der Waals surface area contributed by atoms with Crippen LogP contribution < -0.4 is 14.8 Å². The Kier molecular flexibility index (Phi) is 5.18. The van der Waals surface area contributed by atoms with Gasteiger partial charge >= 0.3 is 5.97 Å². The molecule has 1 aromatic carbocycles. The van der Waals surface area contributed by atoms with Crippen molar-refractivity contribution in [2.75, 3.05) is 14.2 Å². The highest BCUT2D eigenvalue weighted by Crippen LogP contribution is 2.25. The summed E-state index contributed by atoms with van der Waals surface area (Å²) in [7, 11) is 2.93. The van der Waals surface area contributed by atoms with E-state index >= 15 is 0 Å². The van der Waals surface area contributed by atoms with Crippen LogP contribution in [0.15, 0.2) is 18.2 Å². The quantitative estimate of drug-likeness (QED) is 0.867. The van der Waals surface area contributed by atoms with E-state index in [4.69, 9.17) is 9.47 Å². The molecule has 0 fully saturated rings. The van der Waals surface area contributed by atoms with E-state index in [9.17, 15) is 14.7 Å². The molecule has 2 N–H and O–H groups in total. The van der Waals surface area contributed by atoms with Crippen LogP contribution in [0.1, 0.15) is 31.1 Å². The summed E-state index contributed by atoms with van der Waals surface area (Å²) in [5.74, 6) is -0.763. The van der Waals surface area contributed by atoms with Crippen LogP contribution in [0.3, 0.4) is 0 Å². The lowest BCUT2D eigenvalue weighted by atomic mass is 9.86. The first-order chi connectivity index (χ1) is 9.70. The van der Waals surface area contributed by atoms with Crippen LogP contribution in [0.5, 0.6) is 11.5 Å². The van der Waals surface area contributed by atoms with Crippen LogP contribution >= 0.6 is 0 Å². The number of aliphatic carboxylic acids is 1. The summed E-state index contributed by atoms with van der Waals surface area (Å²) >= 11 is 0. The summed E-state index contributed by atoms with van der Waals surface area (Å²) in [5, 5.41) is 11.8. The van der Waals surface area contributed by atoms with Crippen molar-refractivity contribution in [3.8, 4) is 11.5 Å². The summed E-state index contributed by atoms with van der Waals surface area (Å²) in [4.78, 5) is 23.7. The monoisotopic (exact) mass is 295 g/mol. The summed E-state index contributed by atoms with van der Waals surface area (Å²) < 4.78 is 10.2. The number of carbonyl (C=O) groups excluding carboxylic acids is 1. The lowest BCUT2D eigenvalue weighted by molar-refractivity contribution is -0.142. The average Bonchev–Trinajstić information content (AvgIpc) is 2.42. The maximum atomic E-state index is 12.3. The predicted octanol–water partition coefficient (Wildman–Crippen LogP) is 1.93. The molecule has 1 rings (SSSR count). The SMILES string of the molecule is COc1ccc(OC)c(C(=O)N[C@@H](C(=O)O)C(C)(C)C)c1. The van der Waals surface area contributed by atoms with Gasteiger partial charge in [-0.05, 0) is 23.6 Å². The molecule has 0 bridgehead atoms. The van der Waals surface area contributed by atoms with Gasteiger partial charge < -0.3 is 19.9 Å². The van der Waals surface area contributed by atoms with E-state index in [1.807, 2.05) is 0 Å². The standard InChI is InChI=1S/C15H21NO5/c1-15(2,3)12(14(18)19)16-13(17)10-8-9(20-4)6-7-11(10)21-5/h6-8,12H,1-5H3,(H,16,17)(H,18,19)/t12-/m0/s1. The van der Waals surface area contributed by atoms with E-state index in [-0.39, 0.29) is 5.56 Å². The van der Waals surface area contributed by atoms with Gasteiger partial charge in [0, 0.05) is 0 Å². The van der Waals surface area contributed by atoms with E-state index in [1.54, 1.807) is 32.9 Å². The first kappa shape index (κ1) is 16.8. The highest BCUT2D eigenvalue weighted by atomic mass is 16.5. The first-order valence-electron chi connectivity index (χ1n) is 6.46. The molecule has 0 radical (unpaired) electrons. The maximum absolute atomic E-state index is 12.3. The Hall–Kier alpha value is -2.24. The van der Waals surface area contributed by atoms with Gasteiger partial charge in [0.1, 0.15) is 17.5 Å². The molecule has 0 saturated heterocycles. The van der Waals surface area contributed by atoms with Crippen molar-refractivity contribution in [1.29, 1.82) is 0 Å². The Balaban J connectivity index is 3.10. The number of ether oxygens (including phenoxy) is 2. The van der Waals surface area contributed by atoms with Gasteiger partial charge in [-0.3, -0.25) is 4.79 Å². The molecule has 0 heterocycles. The highest BCUT2D eigenvalue weighted by Gasteiger charge is 2.33. The van der Waals surface area contributed by atoms with E-state index in [0.29, 0.717) is 11.5 Å². The second-order valence-electron chi connectivity index (χ2n) is 5.68. The number of rotatable bonds is 5. The number of benzene rings is 1. The van der Waals surface area contributed by atoms with E-state index < -0.39 is 23.3 Å². The second kappa shape index (κ2) is 6.47. The molecular formula is C15H21NO5. The van der Waals surface area contributed by atoms with Gasteiger partial charge in [0.05, 0.1) is 19.8 Å². The van der Waals surface area contributed by atoms with E-state index in [2.05, 4.69) is 5.32 Å². The Bertz CT molecular complexity index is 533. The number of carbonyl (C=O) groups is 2. The Labute approximate surface area is 124 Å². The molecule has 0 aromatic heterocycles. The molecular weight excluding hydrogens is 274 g/mol. The van der Waals surface area contributed by atoms with Crippen molar-refractivity contribution >= 4 is 11.9 Å². The summed E-state index contributed by atoms with van der Waals surface area (Å²) in [6.07, 6.45) is 0. The third-order valence-corrected chi connectivity index (χ3v) is 3.04. The molecule has 21 heavy (non-hydrogen) atoms. The van der Waals surface area contributed by atoms with Gasteiger partial charge in [-0.1, -0.05) is 20.8 Å². The normalized spacial score (nSPS) is 12.4. The molecule has 6 nitrogen and oxygen atoms in total. The Morgan fingerprint density at radius 1 is 1.19 bits per heavy atom. The van der Waals surface area contributed by atoms with E-state index in [1.165, 1.54) is 20.3 Å². The van der Waals surface area contributed by atoms with Crippen LogP contribution in [-0.4, -0.2) is 37.2 Å². The van der Waals surface area contributed by atoms with Crippen molar-refractivity contribution in [3.05, 3.63) is 23.8 Å². The molecule has 0 aliphatic heterocycles. The average molecular weight is 295 g/mol. The van der Waals surface area contributed by atoms with Crippen molar-refractivity contribution < 1.29 is 24.2 Å². The zero-order valence-corrected chi connectivity index (χ0v) is 12.9. The van der Waals surface area contributed by atoms with Crippen LogP contribution in [0, 0.1) is 5.41 Å². The van der Waals surface area contributed by atoms with Gasteiger partial charge in [0.25, 0.3) is 5.91 Å². The van der Waals surface area contributed by atoms with Gasteiger partial charge in [-0.15, -0.1) is 0 Å². The number of hydrogen-bond donors (Lipinski definition) is 2. The number of nitrogens with one attached hydrogen (secondary N) is 1. The van der Waals surface area contributed by atoms with Crippen molar-refractivity contribution in [2.24, 2.45) is 5.41 Å². The minimum Gasteiger partial charge on any atom is -0.497 e. The van der Waals surface area contributed by atoms with Crippen molar-refractivity contribution in [1.82, 2.24) is 5.32 Å². The summed E-state index contributed by atoms with van der Waals surface area (Å²) in [5.41, 5.74) is -0.388. The molecule has 0 aliphatic carbocycles. The molecule has 6 heteroatoms. The van der Waals surface area contributed by atoms with Crippen molar-refractivity contribution in [2.45, 2.75) is 26.8 Å². The zero-order valence-electron chi connectivity index (χ0n) is 12.9. The minimum absolute atomic E-state index is 0.229. The number of hydrogen-bond acceptors (Lipinski definition) is 4. The predicted molar refractivity (Wildman–Crippen MR) is 77.9 cm³/mol. The molecule has 0 saturated carbocycles. The lowest BCUT2D eigenvalue weighted by Crippen LogP contribution is -2.49. The lowest BCUT2D eigenvalue weighted by Gasteiger charge is -2.28. The Morgan fingerprint density at radius 3 is 2.24 bits per heavy atom. The van der Waals surface area contributed by atoms with Crippen LogP contribution in [0.25, 0.3) is 0 Å². The fraction of sp³-hybridized carbons (Fsp3) is 0.467. The van der Waals surface area contributed by atoms with Gasteiger partial charge in [0.15, 0.2) is 0 Å². The molecule has 1 aromatic rings. The smallest absolute Gasteiger partial charge is 0.326 e. The van der Waals surface area contributed by atoms with Crippen LogP contribution in [-0.2, 0) is 4.79 Å². The maximum Gasteiger partial charge on any atom is 0.326 e. The third-order valence-electron chi connectivity index (χ3n) is 3.04. The number of amides is 1. The number of carboxylic acids is 1. The van der Waals surface area contributed by atoms with Crippen molar-refractivity contribution in [3.63, 3.8) is 0 Å². The molecule has 1 amide bonds. The van der Waals surface area contributed by atoms with Crippen LogP contribution in [0.2, 0.25) is 0 Å². The summed E-state index contributed by atoms with van der Waals surface area (Å²) in [6, 6.07) is 3.76. The molecule has 116 valence electrons. The largest absolute Gasteiger partial charge is 0.497 e. The highest BCUT2D eigenvalue weighted by molar-refractivity contribution is 5.99. The topological polar surface area (TPSA) is 84.9 Å². The van der Waals surface area contributed by atoms with E-state index in [0.717, 1.165) is 0 Å². The fourth-order valence-electron chi connectivity index (χ4n) is 1.85. The molecule has 0 unspecified atom stereocenters. The minimum atomic E-state index is -1.09. The molecule has 0 aliphatic rings.